The first kappa shape index (κ1) is 26.3. The van der Waals surface area contributed by atoms with Crippen molar-refractivity contribution in [1.29, 1.82) is 0 Å². The molecule has 178 valence electrons. The molecular weight excluding hydrogens is 404 g/mol. The van der Waals surface area contributed by atoms with Gasteiger partial charge in [-0.3, -0.25) is 4.79 Å². The number of hydrogen-bond acceptors (Lipinski definition) is 5. The molecule has 5 atom stereocenters. The fourth-order valence-electron chi connectivity index (χ4n) is 4.16. The Bertz CT molecular complexity index is 699. The van der Waals surface area contributed by atoms with Crippen molar-refractivity contribution in [3.8, 4) is 0 Å². The average molecular weight is 445 g/mol. The molecule has 1 aliphatic carbocycles. The van der Waals surface area contributed by atoms with Crippen LogP contribution in [0.4, 0.5) is 0 Å². The van der Waals surface area contributed by atoms with E-state index in [1.54, 1.807) is 6.08 Å². The van der Waals surface area contributed by atoms with Crippen LogP contribution in [0.3, 0.4) is 0 Å². The van der Waals surface area contributed by atoms with Gasteiger partial charge in [0, 0.05) is 18.8 Å². The van der Waals surface area contributed by atoms with Gasteiger partial charge in [0.05, 0.1) is 24.9 Å². The highest BCUT2D eigenvalue weighted by atomic mass is 16.5. The van der Waals surface area contributed by atoms with Crippen molar-refractivity contribution in [1.82, 2.24) is 0 Å². The third kappa shape index (κ3) is 9.68. The Morgan fingerprint density at radius 3 is 2.69 bits per heavy atom. The summed E-state index contributed by atoms with van der Waals surface area (Å²) in [5.41, 5.74) is 1.19. The molecule has 5 heteroatoms. The number of benzene rings is 1. The fraction of sp³-hybridized carbons (Fsp3) is 0.593. The highest BCUT2D eigenvalue weighted by Gasteiger charge is 2.39. The zero-order valence-corrected chi connectivity index (χ0v) is 19.3. The Morgan fingerprint density at radius 1 is 1.16 bits per heavy atom. The zero-order chi connectivity index (χ0) is 23.2. The van der Waals surface area contributed by atoms with E-state index in [0.29, 0.717) is 32.3 Å². The lowest BCUT2D eigenvalue weighted by atomic mass is 9.89. The molecule has 32 heavy (non-hydrogen) atoms. The summed E-state index contributed by atoms with van der Waals surface area (Å²) < 4.78 is 5.15. The molecule has 0 heterocycles. The van der Waals surface area contributed by atoms with Gasteiger partial charge in [-0.2, -0.15) is 0 Å². The highest BCUT2D eigenvalue weighted by molar-refractivity contribution is 5.69. The van der Waals surface area contributed by atoms with E-state index < -0.39 is 18.3 Å². The van der Waals surface area contributed by atoms with Crippen molar-refractivity contribution in [2.75, 3.05) is 6.61 Å². The third-order valence-electron chi connectivity index (χ3n) is 6.13. The second-order valence-electron chi connectivity index (χ2n) is 8.76. The van der Waals surface area contributed by atoms with Crippen LogP contribution in [0.15, 0.2) is 54.6 Å². The van der Waals surface area contributed by atoms with Gasteiger partial charge in [0.1, 0.15) is 0 Å². The summed E-state index contributed by atoms with van der Waals surface area (Å²) in [6.07, 6.45) is 12.3. The number of aliphatic hydroxyl groups excluding tert-OH is 3. The van der Waals surface area contributed by atoms with Crippen LogP contribution in [0.1, 0.15) is 63.9 Å². The SMILES string of the molecule is CCCCOC(=O)CCCC=CCC1C(C=C[C@@H](O)CCc2ccccc2)[C@H](O)C[C@@H]1O. The topological polar surface area (TPSA) is 87.0 Å². The lowest BCUT2D eigenvalue weighted by Gasteiger charge is -2.19. The molecule has 1 aromatic rings. The van der Waals surface area contributed by atoms with E-state index in [0.717, 1.165) is 32.1 Å². The van der Waals surface area contributed by atoms with E-state index >= 15 is 0 Å². The molecule has 2 unspecified atom stereocenters. The number of esters is 1. The molecule has 1 aliphatic rings. The molecule has 0 amide bonds. The van der Waals surface area contributed by atoms with Crippen molar-refractivity contribution < 1.29 is 24.9 Å². The molecule has 0 aliphatic heterocycles. The van der Waals surface area contributed by atoms with Crippen LogP contribution in [-0.2, 0) is 16.0 Å². The van der Waals surface area contributed by atoms with Gasteiger partial charge in [-0.05, 0) is 50.0 Å². The predicted molar refractivity (Wildman–Crippen MR) is 127 cm³/mol. The van der Waals surface area contributed by atoms with Crippen molar-refractivity contribution in [3.63, 3.8) is 0 Å². The number of hydrogen-bond donors (Lipinski definition) is 3. The van der Waals surface area contributed by atoms with Crippen molar-refractivity contribution >= 4 is 5.97 Å². The first-order valence-corrected chi connectivity index (χ1v) is 12.1. The number of unbranched alkanes of at least 4 members (excludes halogenated alkanes) is 2. The second-order valence-corrected chi connectivity index (χ2v) is 8.76. The summed E-state index contributed by atoms with van der Waals surface area (Å²) in [4.78, 5) is 11.6. The van der Waals surface area contributed by atoms with Crippen LogP contribution in [0.5, 0.6) is 0 Å². The fourth-order valence-corrected chi connectivity index (χ4v) is 4.16. The summed E-state index contributed by atoms with van der Waals surface area (Å²) in [7, 11) is 0. The lowest BCUT2D eigenvalue weighted by molar-refractivity contribution is -0.143. The van der Waals surface area contributed by atoms with Crippen LogP contribution >= 0.6 is 0 Å². The van der Waals surface area contributed by atoms with Gasteiger partial charge in [0.25, 0.3) is 0 Å². The minimum Gasteiger partial charge on any atom is -0.466 e. The largest absolute Gasteiger partial charge is 0.466 e. The summed E-state index contributed by atoms with van der Waals surface area (Å²) >= 11 is 0. The van der Waals surface area contributed by atoms with Crippen LogP contribution in [0.2, 0.25) is 0 Å². The Hall–Kier alpha value is -1.95. The van der Waals surface area contributed by atoms with E-state index in [2.05, 4.69) is 6.92 Å². The molecule has 1 saturated carbocycles. The number of carbonyl (C=O) groups excluding carboxylic acids is 1. The monoisotopic (exact) mass is 444 g/mol. The van der Waals surface area contributed by atoms with Gasteiger partial charge >= 0.3 is 5.97 Å². The zero-order valence-electron chi connectivity index (χ0n) is 19.3. The van der Waals surface area contributed by atoms with Crippen LogP contribution in [0.25, 0.3) is 0 Å². The molecule has 0 aromatic heterocycles. The maximum absolute atomic E-state index is 11.6. The molecule has 3 N–H and O–H groups in total. The maximum atomic E-state index is 11.6. The number of allylic oxidation sites excluding steroid dienone is 2. The Morgan fingerprint density at radius 2 is 1.94 bits per heavy atom. The molecular formula is C27H40O5. The van der Waals surface area contributed by atoms with E-state index in [9.17, 15) is 20.1 Å². The van der Waals surface area contributed by atoms with Crippen molar-refractivity contribution in [2.24, 2.45) is 11.8 Å². The van der Waals surface area contributed by atoms with E-state index in [1.165, 1.54) is 5.56 Å². The van der Waals surface area contributed by atoms with Crippen LogP contribution < -0.4 is 0 Å². The minimum absolute atomic E-state index is 0.0715. The Labute approximate surface area is 192 Å². The first-order valence-electron chi connectivity index (χ1n) is 12.1. The van der Waals surface area contributed by atoms with Crippen LogP contribution in [-0.4, -0.2) is 46.2 Å². The van der Waals surface area contributed by atoms with E-state index in [-0.39, 0.29) is 17.8 Å². The number of aryl methyl sites for hydroxylation is 1. The lowest BCUT2D eigenvalue weighted by Crippen LogP contribution is -2.20. The van der Waals surface area contributed by atoms with E-state index in [4.69, 9.17) is 4.74 Å². The molecule has 0 spiro atoms. The number of rotatable bonds is 14. The standard InChI is InChI=1S/C27H40O5/c1-2-3-19-32-27(31)14-10-5-4-9-13-23-24(26(30)20-25(23)29)18-17-22(28)16-15-21-11-7-6-8-12-21/h4,6-9,11-12,17-18,22-26,28-30H,2-3,5,10,13-16,19-20H2,1H3/t22-,23?,24?,25-,26+/m0/s1. The normalized spacial score (nSPS) is 24.4. The molecule has 0 radical (unpaired) electrons. The molecule has 0 saturated heterocycles. The first-order chi connectivity index (χ1) is 15.5. The van der Waals surface area contributed by atoms with Crippen molar-refractivity contribution in [2.45, 2.75) is 83.0 Å². The summed E-state index contributed by atoms with van der Waals surface area (Å²) in [6.45, 7) is 2.57. The van der Waals surface area contributed by atoms with Gasteiger partial charge in [-0.15, -0.1) is 0 Å². The highest BCUT2D eigenvalue weighted by Crippen LogP contribution is 2.36. The van der Waals surface area contributed by atoms with Gasteiger partial charge in [0.2, 0.25) is 0 Å². The Kier molecular flexibility index (Phi) is 12.3. The second kappa shape index (κ2) is 15.0. The molecule has 2 rings (SSSR count). The minimum atomic E-state index is -0.598. The van der Waals surface area contributed by atoms with Gasteiger partial charge in [-0.25, -0.2) is 0 Å². The van der Waals surface area contributed by atoms with Gasteiger partial charge in [-0.1, -0.05) is 68.0 Å². The quantitative estimate of drug-likeness (QED) is 0.226. The Balaban J connectivity index is 1.73. The molecule has 0 bridgehead atoms. The van der Waals surface area contributed by atoms with Crippen molar-refractivity contribution in [3.05, 3.63) is 60.2 Å². The predicted octanol–water partition coefficient (Wildman–Crippen LogP) is 4.35. The summed E-state index contributed by atoms with van der Waals surface area (Å²) in [5.74, 6) is -0.385. The number of carbonyl (C=O) groups is 1. The average Bonchev–Trinajstić information content (AvgIpc) is 3.06. The smallest absolute Gasteiger partial charge is 0.305 e. The summed E-state index contributed by atoms with van der Waals surface area (Å²) in [6, 6.07) is 10.1. The number of aliphatic hydroxyl groups is 3. The van der Waals surface area contributed by atoms with E-state index in [1.807, 2.05) is 48.6 Å². The summed E-state index contributed by atoms with van der Waals surface area (Å²) in [5, 5.41) is 31.1. The molecule has 1 fully saturated rings. The molecule has 5 nitrogen and oxygen atoms in total. The van der Waals surface area contributed by atoms with Gasteiger partial charge in [0.15, 0.2) is 0 Å². The maximum Gasteiger partial charge on any atom is 0.305 e. The van der Waals surface area contributed by atoms with Gasteiger partial charge < -0.3 is 20.1 Å². The molecule has 1 aromatic carbocycles. The van der Waals surface area contributed by atoms with Crippen LogP contribution in [0, 0.1) is 11.8 Å². The number of ether oxygens (including phenoxy) is 1. The third-order valence-corrected chi connectivity index (χ3v) is 6.13.